The Balaban J connectivity index is 1.99. The maximum absolute atomic E-state index is 5.81. The van der Waals surface area contributed by atoms with Crippen LogP contribution in [0.15, 0.2) is 54.6 Å². The Morgan fingerprint density at radius 1 is 0.955 bits per heavy atom. The van der Waals surface area contributed by atoms with Crippen LogP contribution in [-0.2, 0) is 5.41 Å². The summed E-state index contributed by atoms with van der Waals surface area (Å²) in [7, 11) is 0. The van der Waals surface area contributed by atoms with Crippen molar-refractivity contribution in [3.63, 3.8) is 0 Å². The predicted octanol–water partition coefficient (Wildman–Crippen LogP) is 5.95. The minimum atomic E-state index is 0.00514. The molecule has 1 nitrogen and oxygen atoms in total. The van der Waals surface area contributed by atoms with E-state index in [1.807, 2.05) is 0 Å². The van der Waals surface area contributed by atoms with Gasteiger partial charge in [-0.1, -0.05) is 79.2 Å². The fourth-order valence-corrected chi connectivity index (χ4v) is 2.87. The van der Waals surface area contributed by atoms with Gasteiger partial charge in [0.1, 0.15) is 5.75 Å². The number of rotatable bonds is 7. The van der Waals surface area contributed by atoms with Gasteiger partial charge in [-0.25, -0.2) is 0 Å². The molecule has 0 aliphatic rings. The standard InChI is InChI=1S/C20H25BrO/c1-16(21)8-7-15-22-19-13-11-18(12-14-19)20(2,3)17-9-5-4-6-10-17/h4-6,9-14,16H,7-8,15H2,1-3H3. The van der Waals surface area contributed by atoms with Gasteiger partial charge in [0.25, 0.3) is 0 Å². The second-order valence-corrected chi connectivity index (χ2v) is 7.85. The predicted molar refractivity (Wildman–Crippen MR) is 98.1 cm³/mol. The van der Waals surface area contributed by atoms with Crippen molar-refractivity contribution in [1.82, 2.24) is 0 Å². The summed E-state index contributed by atoms with van der Waals surface area (Å²) in [6.07, 6.45) is 2.21. The first-order chi connectivity index (χ1) is 10.5. The van der Waals surface area contributed by atoms with Gasteiger partial charge >= 0.3 is 0 Å². The van der Waals surface area contributed by atoms with E-state index in [1.54, 1.807) is 0 Å². The molecule has 0 bridgehead atoms. The average molecular weight is 361 g/mol. The molecule has 0 spiro atoms. The molecule has 2 aromatic rings. The number of benzene rings is 2. The van der Waals surface area contributed by atoms with E-state index in [4.69, 9.17) is 4.74 Å². The van der Waals surface area contributed by atoms with E-state index in [-0.39, 0.29) is 5.41 Å². The lowest BCUT2D eigenvalue weighted by Gasteiger charge is -2.26. The average Bonchev–Trinajstić information content (AvgIpc) is 2.53. The molecule has 0 heterocycles. The molecule has 118 valence electrons. The minimum absolute atomic E-state index is 0.00514. The molecule has 0 aromatic heterocycles. The Morgan fingerprint density at radius 3 is 2.14 bits per heavy atom. The van der Waals surface area contributed by atoms with Crippen molar-refractivity contribution in [3.05, 3.63) is 65.7 Å². The monoisotopic (exact) mass is 360 g/mol. The first-order valence-electron chi connectivity index (χ1n) is 7.93. The quantitative estimate of drug-likeness (QED) is 0.437. The maximum Gasteiger partial charge on any atom is 0.119 e. The second kappa shape index (κ2) is 7.82. The van der Waals surface area contributed by atoms with E-state index < -0.39 is 0 Å². The molecule has 0 fully saturated rings. The van der Waals surface area contributed by atoms with Crippen molar-refractivity contribution in [2.24, 2.45) is 0 Å². The first-order valence-corrected chi connectivity index (χ1v) is 8.84. The van der Waals surface area contributed by atoms with E-state index in [0.29, 0.717) is 4.83 Å². The summed E-state index contributed by atoms with van der Waals surface area (Å²) < 4.78 is 5.81. The molecule has 2 rings (SSSR count). The van der Waals surface area contributed by atoms with Gasteiger partial charge in [-0.15, -0.1) is 0 Å². The van der Waals surface area contributed by atoms with E-state index in [9.17, 15) is 0 Å². The molecule has 0 N–H and O–H groups in total. The Hall–Kier alpha value is -1.28. The van der Waals surface area contributed by atoms with Gasteiger partial charge < -0.3 is 4.74 Å². The molecule has 0 saturated carbocycles. The highest BCUT2D eigenvalue weighted by molar-refractivity contribution is 9.09. The third kappa shape index (κ3) is 4.61. The molecule has 22 heavy (non-hydrogen) atoms. The van der Waals surface area contributed by atoms with E-state index in [1.165, 1.54) is 11.1 Å². The second-order valence-electron chi connectivity index (χ2n) is 6.29. The van der Waals surface area contributed by atoms with Crippen LogP contribution in [0, 0.1) is 0 Å². The largest absolute Gasteiger partial charge is 0.494 e. The minimum Gasteiger partial charge on any atom is -0.494 e. The maximum atomic E-state index is 5.81. The molecule has 0 saturated heterocycles. The molecule has 0 aliphatic carbocycles. The lowest BCUT2D eigenvalue weighted by atomic mass is 9.78. The van der Waals surface area contributed by atoms with Gasteiger partial charge in [-0.2, -0.15) is 0 Å². The first kappa shape index (κ1) is 17.1. The van der Waals surface area contributed by atoms with Crippen LogP contribution >= 0.6 is 15.9 Å². The summed E-state index contributed by atoms with van der Waals surface area (Å²) in [5, 5.41) is 0. The summed E-state index contributed by atoms with van der Waals surface area (Å²) in [4.78, 5) is 0.560. The number of hydrogen-bond acceptors (Lipinski definition) is 1. The van der Waals surface area contributed by atoms with E-state index >= 15 is 0 Å². The smallest absolute Gasteiger partial charge is 0.119 e. The topological polar surface area (TPSA) is 9.23 Å². The fourth-order valence-electron chi connectivity index (χ4n) is 2.54. The van der Waals surface area contributed by atoms with E-state index in [0.717, 1.165) is 25.2 Å². The highest BCUT2D eigenvalue weighted by atomic mass is 79.9. The van der Waals surface area contributed by atoms with Gasteiger partial charge in [0.2, 0.25) is 0 Å². The molecular weight excluding hydrogens is 336 g/mol. The van der Waals surface area contributed by atoms with Gasteiger partial charge in [0.15, 0.2) is 0 Å². The van der Waals surface area contributed by atoms with Gasteiger partial charge in [-0.05, 0) is 36.1 Å². The summed E-state index contributed by atoms with van der Waals surface area (Å²) >= 11 is 3.56. The molecule has 2 heteroatoms. The SMILES string of the molecule is CC(Br)CCCOc1ccc(C(C)(C)c2ccccc2)cc1. The summed E-state index contributed by atoms with van der Waals surface area (Å²) in [5.74, 6) is 0.954. The zero-order valence-corrected chi connectivity index (χ0v) is 15.3. The van der Waals surface area contributed by atoms with Crippen molar-refractivity contribution >= 4 is 15.9 Å². The van der Waals surface area contributed by atoms with Crippen LogP contribution < -0.4 is 4.74 Å². The van der Waals surface area contributed by atoms with Crippen LogP contribution in [-0.4, -0.2) is 11.4 Å². The highest BCUT2D eigenvalue weighted by Gasteiger charge is 2.22. The van der Waals surface area contributed by atoms with Crippen LogP contribution in [0.5, 0.6) is 5.75 Å². The fraction of sp³-hybridized carbons (Fsp3) is 0.400. The molecule has 0 radical (unpaired) electrons. The Bertz CT molecular complexity index is 558. The lowest BCUT2D eigenvalue weighted by molar-refractivity contribution is 0.307. The van der Waals surface area contributed by atoms with Crippen molar-refractivity contribution in [2.75, 3.05) is 6.61 Å². The van der Waals surface area contributed by atoms with Crippen molar-refractivity contribution in [1.29, 1.82) is 0 Å². The van der Waals surface area contributed by atoms with Crippen LogP contribution in [0.1, 0.15) is 44.7 Å². The third-order valence-corrected chi connectivity index (χ3v) is 4.54. The molecule has 2 aromatic carbocycles. The summed E-state index contributed by atoms with van der Waals surface area (Å²) in [5.41, 5.74) is 2.64. The number of ether oxygens (including phenoxy) is 1. The molecular formula is C20H25BrO. The summed E-state index contributed by atoms with van der Waals surface area (Å²) in [6, 6.07) is 19.1. The molecule has 1 atom stereocenters. The van der Waals surface area contributed by atoms with Crippen molar-refractivity contribution < 1.29 is 4.74 Å². The van der Waals surface area contributed by atoms with Gasteiger partial charge in [0.05, 0.1) is 6.61 Å². The third-order valence-electron chi connectivity index (χ3n) is 4.09. The molecule has 1 unspecified atom stereocenters. The van der Waals surface area contributed by atoms with Crippen LogP contribution in [0.4, 0.5) is 0 Å². The van der Waals surface area contributed by atoms with Crippen LogP contribution in [0.25, 0.3) is 0 Å². The van der Waals surface area contributed by atoms with Crippen molar-refractivity contribution in [2.45, 2.75) is 43.9 Å². The van der Waals surface area contributed by atoms with Crippen LogP contribution in [0.2, 0.25) is 0 Å². The zero-order chi connectivity index (χ0) is 16.0. The Labute approximate surface area is 142 Å². The normalized spacial score (nSPS) is 12.9. The molecule has 0 aliphatic heterocycles. The van der Waals surface area contributed by atoms with Crippen LogP contribution in [0.3, 0.4) is 0 Å². The van der Waals surface area contributed by atoms with Gasteiger partial charge in [-0.3, -0.25) is 0 Å². The van der Waals surface area contributed by atoms with Gasteiger partial charge in [0, 0.05) is 10.2 Å². The zero-order valence-electron chi connectivity index (χ0n) is 13.7. The Morgan fingerprint density at radius 2 is 1.55 bits per heavy atom. The number of halogens is 1. The van der Waals surface area contributed by atoms with E-state index in [2.05, 4.69) is 91.3 Å². The lowest BCUT2D eigenvalue weighted by Crippen LogP contribution is -2.18. The number of alkyl halides is 1. The van der Waals surface area contributed by atoms with Crippen molar-refractivity contribution in [3.8, 4) is 5.75 Å². The molecule has 0 amide bonds. The number of hydrogen-bond donors (Lipinski definition) is 0. The Kier molecular flexibility index (Phi) is 6.07. The highest BCUT2D eigenvalue weighted by Crippen LogP contribution is 2.32. The summed E-state index contributed by atoms with van der Waals surface area (Å²) in [6.45, 7) is 7.46.